The van der Waals surface area contributed by atoms with E-state index in [-0.39, 0.29) is 12.3 Å². The lowest BCUT2D eigenvalue weighted by atomic mass is 10.1. The maximum absolute atomic E-state index is 11.0. The normalized spacial score (nSPS) is 9.83. The van der Waals surface area contributed by atoms with Crippen molar-refractivity contribution in [1.29, 1.82) is 0 Å². The van der Waals surface area contributed by atoms with Gasteiger partial charge in [-0.3, -0.25) is 9.78 Å². The topological polar surface area (TPSA) is 56.0 Å². The summed E-state index contributed by atoms with van der Waals surface area (Å²) in [5, 5.41) is 0. The molecule has 1 aromatic heterocycles. The molecule has 0 saturated carbocycles. The maximum atomic E-state index is 11.0. The van der Waals surface area contributed by atoms with Crippen molar-refractivity contribution in [1.82, 2.24) is 4.98 Å². The summed E-state index contributed by atoms with van der Waals surface area (Å²) in [4.78, 5) is 15.1. The number of carbonyl (C=O) groups is 1. The van der Waals surface area contributed by atoms with Crippen LogP contribution in [0.2, 0.25) is 0 Å². The first kappa shape index (κ1) is 8.87. The highest BCUT2D eigenvalue weighted by Crippen LogP contribution is 2.00. The number of nitrogens with two attached hydrogens (primary N) is 1. The van der Waals surface area contributed by atoms with Gasteiger partial charge in [-0.15, -0.1) is 0 Å². The fraction of sp³-hybridized carbons (Fsp3) is 0.333. The van der Waals surface area contributed by atoms with Gasteiger partial charge in [0.15, 0.2) is 5.78 Å². The number of rotatable bonds is 3. The van der Waals surface area contributed by atoms with Gasteiger partial charge in [0.2, 0.25) is 0 Å². The molecule has 64 valence electrons. The van der Waals surface area contributed by atoms with E-state index in [0.29, 0.717) is 5.56 Å². The van der Waals surface area contributed by atoms with E-state index in [0.717, 1.165) is 12.1 Å². The van der Waals surface area contributed by atoms with Gasteiger partial charge in [-0.2, -0.15) is 0 Å². The fourth-order valence-corrected chi connectivity index (χ4v) is 0.916. The van der Waals surface area contributed by atoms with Crippen molar-refractivity contribution in [2.45, 2.75) is 13.3 Å². The van der Waals surface area contributed by atoms with Crippen LogP contribution in [0.1, 0.15) is 23.0 Å². The van der Waals surface area contributed by atoms with Crippen LogP contribution in [0.15, 0.2) is 18.3 Å². The van der Waals surface area contributed by atoms with E-state index in [1.54, 1.807) is 12.3 Å². The Kier molecular flexibility index (Phi) is 2.94. The average molecular weight is 164 g/mol. The molecule has 0 radical (unpaired) electrons. The number of carbonyl (C=O) groups excluding carboxylic acids is 1. The average Bonchev–Trinajstić information content (AvgIpc) is 2.17. The Labute approximate surface area is 71.6 Å². The van der Waals surface area contributed by atoms with Crippen LogP contribution in [0.5, 0.6) is 0 Å². The van der Waals surface area contributed by atoms with Crippen LogP contribution in [-0.2, 0) is 6.42 Å². The summed E-state index contributed by atoms with van der Waals surface area (Å²) in [6.45, 7) is 2.07. The third-order valence-electron chi connectivity index (χ3n) is 1.69. The van der Waals surface area contributed by atoms with Gasteiger partial charge in [-0.25, -0.2) is 0 Å². The highest BCUT2D eigenvalue weighted by atomic mass is 16.1. The van der Waals surface area contributed by atoms with E-state index < -0.39 is 0 Å². The van der Waals surface area contributed by atoms with Crippen LogP contribution in [0.3, 0.4) is 0 Å². The highest BCUT2D eigenvalue weighted by Gasteiger charge is 2.02. The molecule has 1 aromatic rings. The van der Waals surface area contributed by atoms with Gasteiger partial charge in [0.25, 0.3) is 0 Å². The molecule has 0 spiro atoms. The van der Waals surface area contributed by atoms with Crippen molar-refractivity contribution in [3.8, 4) is 0 Å². The van der Waals surface area contributed by atoms with E-state index in [2.05, 4.69) is 4.98 Å². The van der Waals surface area contributed by atoms with Crippen LogP contribution in [0, 0.1) is 0 Å². The first-order valence-electron chi connectivity index (χ1n) is 3.96. The summed E-state index contributed by atoms with van der Waals surface area (Å²) >= 11 is 0. The molecule has 0 aliphatic rings. The van der Waals surface area contributed by atoms with Crippen molar-refractivity contribution in [2.24, 2.45) is 5.73 Å². The minimum absolute atomic E-state index is 0.0488. The predicted octanol–water partition coefficient (Wildman–Crippen LogP) is 0.785. The molecule has 0 fully saturated rings. The molecule has 3 nitrogen and oxygen atoms in total. The van der Waals surface area contributed by atoms with Gasteiger partial charge in [-0.1, -0.05) is 6.92 Å². The van der Waals surface area contributed by atoms with Gasteiger partial charge in [0.1, 0.15) is 0 Å². The molecule has 1 heterocycles. The smallest absolute Gasteiger partial charge is 0.177 e. The van der Waals surface area contributed by atoms with Crippen molar-refractivity contribution in [2.75, 3.05) is 6.54 Å². The van der Waals surface area contributed by atoms with Crippen molar-refractivity contribution in [3.05, 3.63) is 29.6 Å². The molecule has 0 bridgehead atoms. The Balaban J connectivity index is 2.84. The first-order valence-corrected chi connectivity index (χ1v) is 3.96. The third-order valence-corrected chi connectivity index (χ3v) is 1.69. The molecule has 0 amide bonds. The lowest BCUT2D eigenvalue weighted by Crippen LogP contribution is -2.13. The number of hydrogen-bond acceptors (Lipinski definition) is 3. The Morgan fingerprint density at radius 3 is 2.75 bits per heavy atom. The van der Waals surface area contributed by atoms with Gasteiger partial charge >= 0.3 is 0 Å². The number of ketones is 1. The Morgan fingerprint density at radius 2 is 2.33 bits per heavy atom. The van der Waals surface area contributed by atoms with Crippen molar-refractivity contribution in [3.63, 3.8) is 0 Å². The Hall–Kier alpha value is -1.22. The zero-order valence-electron chi connectivity index (χ0n) is 7.08. The van der Waals surface area contributed by atoms with Crippen LogP contribution < -0.4 is 5.73 Å². The van der Waals surface area contributed by atoms with Crippen LogP contribution in [0.25, 0.3) is 0 Å². The number of aromatic nitrogens is 1. The molecule has 0 aromatic carbocycles. The van der Waals surface area contributed by atoms with E-state index in [1.807, 2.05) is 13.0 Å². The van der Waals surface area contributed by atoms with Crippen molar-refractivity contribution >= 4 is 5.78 Å². The predicted molar refractivity (Wildman–Crippen MR) is 47.0 cm³/mol. The first-order chi connectivity index (χ1) is 5.77. The zero-order chi connectivity index (χ0) is 8.97. The molecule has 0 aliphatic carbocycles. The molecule has 0 atom stereocenters. The van der Waals surface area contributed by atoms with Crippen LogP contribution in [-0.4, -0.2) is 17.3 Å². The standard InChI is InChI=1S/C9H12N2O/c1-2-8-4-3-7(6-11-8)9(12)5-10/h3-4,6H,2,5,10H2,1H3. The monoisotopic (exact) mass is 164 g/mol. The molecule has 0 unspecified atom stereocenters. The zero-order valence-corrected chi connectivity index (χ0v) is 7.08. The molecular formula is C9H12N2O. The highest BCUT2D eigenvalue weighted by molar-refractivity contribution is 5.97. The quantitative estimate of drug-likeness (QED) is 0.672. The summed E-state index contributed by atoms with van der Waals surface area (Å²) < 4.78 is 0. The lowest BCUT2D eigenvalue weighted by Gasteiger charge is -1.98. The van der Waals surface area contributed by atoms with Crippen LogP contribution in [0.4, 0.5) is 0 Å². The van der Waals surface area contributed by atoms with Gasteiger partial charge in [-0.05, 0) is 18.6 Å². The SMILES string of the molecule is CCc1ccc(C(=O)CN)cn1. The summed E-state index contributed by atoms with van der Waals surface area (Å²) in [6.07, 6.45) is 2.46. The Bertz CT molecular complexity index is 266. The number of pyridine rings is 1. The molecule has 0 aliphatic heterocycles. The summed E-state index contributed by atoms with van der Waals surface area (Å²) in [7, 11) is 0. The minimum atomic E-state index is -0.0647. The Morgan fingerprint density at radius 1 is 1.58 bits per heavy atom. The van der Waals surface area contributed by atoms with Gasteiger partial charge in [0.05, 0.1) is 6.54 Å². The molecule has 3 heteroatoms. The molecular weight excluding hydrogens is 152 g/mol. The lowest BCUT2D eigenvalue weighted by molar-refractivity contribution is 0.100. The summed E-state index contributed by atoms with van der Waals surface area (Å²) in [6, 6.07) is 3.62. The number of Topliss-reactive ketones (excluding diaryl/α,β-unsaturated/α-hetero) is 1. The van der Waals surface area contributed by atoms with E-state index in [1.165, 1.54) is 0 Å². The number of hydrogen-bond donors (Lipinski definition) is 1. The van der Waals surface area contributed by atoms with Crippen LogP contribution >= 0.6 is 0 Å². The molecule has 12 heavy (non-hydrogen) atoms. The van der Waals surface area contributed by atoms with E-state index in [4.69, 9.17) is 5.73 Å². The summed E-state index contributed by atoms with van der Waals surface area (Å²) in [5.74, 6) is -0.0647. The third kappa shape index (κ3) is 1.89. The molecule has 0 saturated heterocycles. The maximum Gasteiger partial charge on any atom is 0.177 e. The summed E-state index contributed by atoms with van der Waals surface area (Å²) in [5.41, 5.74) is 6.78. The number of aryl methyl sites for hydroxylation is 1. The molecule has 2 N–H and O–H groups in total. The second kappa shape index (κ2) is 3.97. The molecule has 1 rings (SSSR count). The van der Waals surface area contributed by atoms with E-state index in [9.17, 15) is 4.79 Å². The minimum Gasteiger partial charge on any atom is -0.324 e. The fourth-order valence-electron chi connectivity index (χ4n) is 0.916. The van der Waals surface area contributed by atoms with Gasteiger partial charge < -0.3 is 5.73 Å². The van der Waals surface area contributed by atoms with Crippen molar-refractivity contribution < 1.29 is 4.79 Å². The second-order valence-corrected chi connectivity index (χ2v) is 2.52. The largest absolute Gasteiger partial charge is 0.324 e. The van der Waals surface area contributed by atoms with Gasteiger partial charge in [0, 0.05) is 17.5 Å². The number of nitrogens with zero attached hydrogens (tertiary/aromatic N) is 1. The second-order valence-electron chi connectivity index (χ2n) is 2.52. The van der Waals surface area contributed by atoms with E-state index >= 15 is 0 Å².